The van der Waals surface area contributed by atoms with E-state index in [1.54, 1.807) is 0 Å². The van der Waals surface area contributed by atoms with Gasteiger partial charge < -0.3 is 19.9 Å². The van der Waals surface area contributed by atoms with Gasteiger partial charge in [-0.2, -0.15) is 0 Å². The van der Waals surface area contributed by atoms with E-state index in [1.807, 2.05) is 30.3 Å². The summed E-state index contributed by atoms with van der Waals surface area (Å²) < 4.78 is 11.3. The van der Waals surface area contributed by atoms with Gasteiger partial charge in [-0.15, -0.1) is 0 Å². The van der Waals surface area contributed by atoms with E-state index in [0.29, 0.717) is 13.2 Å². The molecule has 1 aromatic carbocycles. The molecule has 4 heteroatoms. The van der Waals surface area contributed by atoms with Gasteiger partial charge in [0.2, 0.25) is 0 Å². The molecule has 2 rings (SSSR count). The molecule has 1 aliphatic rings. The predicted octanol–water partition coefficient (Wildman–Crippen LogP) is 1.68. The Morgan fingerprint density at radius 1 is 1.40 bits per heavy atom. The van der Waals surface area contributed by atoms with Crippen molar-refractivity contribution in [2.75, 3.05) is 33.0 Å². The second kappa shape index (κ2) is 7.74. The highest BCUT2D eigenvalue weighted by atomic mass is 16.5. The van der Waals surface area contributed by atoms with Crippen LogP contribution >= 0.6 is 0 Å². The summed E-state index contributed by atoms with van der Waals surface area (Å²) in [5.41, 5.74) is 0.537. The van der Waals surface area contributed by atoms with Crippen LogP contribution in [0.1, 0.15) is 25.3 Å². The average molecular weight is 279 g/mol. The van der Waals surface area contributed by atoms with Crippen LogP contribution in [0, 0.1) is 0 Å². The first kappa shape index (κ1) is 15.4. The quantitative estimate of drug-likeness (QED) is 0.760. The molecule has 0 aliphatic carbocycles. The number of hydrogen-bond donors (Lipinski definition) is 2. The van der Waals surface area contributed by atoms with Crippen molar-refractivity contribution in [1.29, 1.82) is 0 Å². The molecule has 2 unspecified atom stereocenters. The summed E-state index contributed by atoms with van der Waals surface area (Å²) in [6.07, 6.45) is 2.10. The fraction of sp³-hybridized carbons (Fsp3) is 0.625. The molecule has 0 spiro atoms. The first-order chi connectivity index (χ1) is 9.80. The van der Waals surface area contributed by atoms with Crippen molar-refractivity contribution in [1.82, 2.24) is 5.32 Å². The smallest absolute Gasteiger partial charge is 0.0906 e. The second-order valence-electron chi connectivity index (χ2n) is 5.33. The van der Waals surface area contributed by atoms with E-state index < -0.39 is 5.54 Å². The molecule has 1 aromatic rings. The lowest BCUT2D eigenvalue weighted by molar-refractivity contribution is -0.0148. The van der Waals surface area contributed by atoms with Crippen molar-refractivity contribution >= 4 is 0 Å². The van der Waals surface area contributed by atoms with E-state index in [9.17, 15) is 5.11 Å². The molecular formula is C16H25NO3. The second-order valence-corrected chi connectivity index (χ2v) is 5.33. The molecule has 0 radical (unpaired) electrons. The van der Waals surface area contributed by atoms with Crippen molar-refractivity contribution in [2.45, 2.75) is 31.4 Å². The molecule has 1 fully saturated rings. The summed E-state index contributed by atoms with van der Waals surface area (Å²) >= 11 is 0. The van der Waals surface area contributed by atoms with Gasteiger partial charge in [-0.3, -0.25) is 0 Å². The minimum atomic E-state index is -0.528. The minimum Gasteiger partial charge on any atom is -0.394 e. The van der Waals surface area contributed by atoms with Crippen LogP contribution in [-0.2, 0) is 15.0 Å². The molecular weight excluding hydrogens is 254 g/mol. The largest absolute Gasteiger partial charge is 0.394 e. The Labute approximate surface area is 121 Å². The van der Waals surface area contributed by atoms with Gasteiger partial charge in [0.05, 0.1) is 31.5 Å². The normalized spacial score (nSPS) is 21.8. The number of ether oxygens (including phenoxy) is 2. The third-order valence-corrected chi connectivity index (χ3v) is 3.76. The summed E-state index contributed by atoms with van der Waals surface area (Å²) in [6, 6.07) is 10.0. The monoisotopic (exact) mass is 279 g/mol. The molecule has 1 saturated heterocycles. The predicted molar refractivity (Wildman–Crippen MR) is 78.7 cm³/mol. The van der Waals surface area contributed by atoms with Gasteiger partial charge in [0.1, 0.15) is 0 Å². The highest BCUT2D eigenvalue weighted by Gasteiger charge is 2.32. The zero-order valence-electron chi connectivity index (χ0n) is 12.2. The van der Waals surface area contributed by atoms with E-state index >= 15 is 0 Å². The molecule has 1 heterocycles. The SMILES string of the molecule is CCCNC(CO)(COC1CCOC1)c1ccccc1. The molecule has 20 heavy (non-hydrogen) atoms. The van der Waals surface area contributed by atoms with Crippen LogP contribution in [0.25, 0.3) is 0 Å². The van der Waals surface area contributed by atoms with Gasteiger partial charge in [-0.05, 0) is 24.9 Å². The fourth-order valence-electron chi connectivity index (χ4n) is 2.46. The number of hydrogen-bond acceptors (Lipinski definition) is 4. The van der Waals surface area contributed by atoms with Gasteiger partial charge in [0.25, 0.3) is 0 Å². The fourth-order valence-corrected chi connectivity index (χ4v) is 2.46. The molecule has 2 N–H and O–H groups in total. The van der Waals surface area contributed by atoms with Gasteiger partial charge in [0, 0.05) is 6.61 Å². The molecule has 4 nitrogen and oxygen atoms in total. The highest BCUT2D eigenvalue weighted by molar-refractivity contribution is 5.25. The Kier molecular flexibility index (Phi) is 5.98. The van der Waals surface area contributed by atoms with Crippen LogP contribution in [0.2, 0.25) is 0 Å². The van der Waals surface area contributed by atoms with Crippen LogP contribution in [0.5, 0.6) is 0 Å². The van der Waals surface area contributed by atoms with Crippen LogP contribution < -0.4 is 5.32 Å². The van der Waals surface area contributed by atoms with Crippen LogP contribution in [0.3, 0.4) is 0 Å². The maximum Gasteiger partial charge on any atom is 0.0906 e. The Bertz CT molecular complexity index is 379. The van der Waals surface area contributed by atoms with Gasteiger partial charge in [0.15, 0.2) is 0 Å². The number of aliphatic hydroxyl groups is 1. The summed E-state index contributed by atoms with van der Waals surface area (Å²) in [6.45, 7) is 4.87. The summed E-state index contributed by atoms with van der Waals surface area (Å²) in [5.74, 6) is 0. The van der Waals surface area contributed by atoms with Crippen molar-refractivity contribution < 1.29 is 14.6 Å². The number of benzene rings is 1. The molecule has 0 amide bonds. The van der Waals surface area contributed by atoms with E-state index in [-0.39, 0.29) is 12.7 Å². The van der Waals surface area contributed by atoms with E-state index in [2.05, 4.69) is 12.2 Å². The van der Waals surface area contributed by atoms with Crippen LogP contribution in [0.15, 0.2) is 30.3 Å². The molecule has 2 atom stereocenters. The first-order valence-electron chi connectivity index (χ1n) is 7.41. The maximum absolute atomic E-state index is 9.96. The molecule has 0 aromatic heterocycles. The zero-order chi connectivity index (χ0) is 14.3. The van der Waals surface area contributed by atoms with Crippen molar-refractivity contribution in [3.63, 3.8) is 0 Å². The van der Waals surface area contributed by atoms with Gasteiger partial charge >= 0.3 is 0 Å². The molecule has 112 valence electrons. The van der Waals surface area contributed by atoms with Crippen molar-refractivity contribution in [2.24, 2.45) is 0 Å². The Morgan fingerprint density at radius 3 is 2.80 bits per heavy atom. The standard InChI is InChI=1S/C16H25NO3/c1-2-9-17-16(12-18,14-6-4-3-5-7-14)13-20-15-8-10-19-11-15/h3-7,15,17-18H,2,8-13H2,1H3. The third-order valence-electron chi connectivity index (χ3n) is 3.76. The summed E-state index contributed by atoms with van der Waals surface area (Å²) in [5, 5.41) is 13.4. The Morgan fingerprint density at radius 2 is 2.20 bits per heavy atom. The van der Waals surface area contributed by atoms with Gasteiger partial charge in [-0.1, -0.05) is 37.3 Å². The Balaban J connectivity index is 2.08. The Hall–Kier alpha value is -0.940. The molecule has 0 bridgehead atoms. The zero-order valence-corrected chi connectivity index (χ0v) is 12.2. The lowest BCUT2D eigenvalue weighted by Crippen LogP contribution is -2.50. The van der Waals surface area contributed by atoms with E-state index in [1.165, 1.54) is 0 Å². The molecule has 0 saturated carbocycles. The lowest BCUT2D eigenvalue weighted by atomic mass is 9.91. The van der Waals surface area contributed by atoms with Gasteiger partial charge in [-0.25, -0.2) is 0 Å². The third kappa shape index (κ3) is 3.79. The number of aliphatic hydroxyl groups excluding tert-OH is 1. The minimum absolute atomic E-state index is 0.0184. The topological polar surface area (TPSA) is 50.7 Å². The number of nitrogens with one attached hydrogen (secondary N) is 1. The van der Waals surface area contributed by atoms with Crippen molar-refractivity contribution in [3.8, 4) is 0 Å². The summed E-state index contributed by atoms with van der Waals surface area (Å²) in [7, 11) is 0. The van der Waals surface area contributed by atoms with Crippen LogP contribution in [0.4, 0.5) is 0 Å². The maximum atomic E-state index is 9.96. The lowest BCUT2D eigenvalue weighted by Gasteiger charge is -2.34. The number of rotatable bonds is 8. The molecule has 1 aliphatic heterocycles. The highest BCUT2D eigenvalue weighted by Crippen LogP contribution is 2.23. The van der Waals surface area contributed by atoms with E-state index in [4.69, 9.17) is 9.47 Å². The summed E-state index contributed by atoms with van der Waals surface area (Å²) in [4.78, 5) is 0. The first-order valence-corrected chi connectivity index (χ1v) is 7.41. The van der Waals surface area contributed by atoms with Crippen LogP contribution in [-0.4, -0.2) is 44.2 Å². The van der Waals surface area contributed by atoms with E-state index in [0.717, 1.165) is 31.6 Å². The van der Waals surface area contributed by atoms with Crippen molar-refractivity contribution in [3.05, 3.63) is 35.9 Å². The average Bonchev–Trinajstić information content (AvgIpc) is 3.02.